The van der Waals surface area contributed by atoms with E-state index in [1.165, 1.54) is 12.1 Å². The van der Waals surface area contributed by atoms with Gasteiger partial charge in [0, 0.05) is 17.5 Å². The van der Waals surface area contributed by atoms with Gasteiger partial charge in [-0.3, -0.25) is 0 Å². The highest BCUT2D eigenvalue weighted by Crippen LogP contribution is 2.34. The van der Waals surface area contributed by atoms with Gasteiger partial charge in [0.05, 0.1) is 15.4 Å². The van der Waals surface area contributed by atoms with Crippen LogP contribution in [0.15, 0.2) is 62.6 Å². The van der Waals surface area contributed by atoms with Crippen LogP contribution in [0.5, 0.6) is 0 Å². The summed E-state index contributed by atoms with van der Waals surface area (Å²) in [5.41, 5.74) is 0.782. The highest BCUT2D eigenvalue weighted by Gasteiger charge is 2.38. The zero-order valence-electron chi connectivity index (χ0n) is 14.5. The van der Waals surface area contributed by atoms with Gasteiger partial charge in [0.25, 0.3) is 0 Å². The fourth-order valence-corrected chi connectivity index (χ4v) is 4.90. The molecule has 146 valence electrons. The Morgan fingerprint density at radius 3 is 2.46 bits per heavy atom. The highest BCUT2D eigenvalue weighted by atomic mass is 32.2. The van der Waals surface area contributed by atoms with Crippen LogP contribution in [0.4, 0.5) is 18.9 Å². The predicted octanol–water partition coefficient (Wildman–Crippen LogP) is 4.72. The van der Waals surface area contributed by atoms with Crippen molar-refractivity contribution in [2.45, 2.75) is 24.0 Å². The lowest BCUT2D eigenvalue weighted by molar-refractivity contribution is -0.159. The second kappa shape index (κ2) is 7.01. The maximum atomic E-state index is 13.5. The molecule has 4 rings (SSSR count). The summed E-state index contributed by atoms with van der Waals surface area (Å²) in [6, 6.07) is 11.4. The monoisotopic (exact) mass is 408 g/mol. The number of hydrogen-bond acceptors (Lipinski definition) is 6. The van der Waals surface area contributed by atoms with Crippen LogP contribution in [0.3, 0.4) is 0 Å². The summed E-state index contributed by atoms with van der Waals surface area (Å²) in [6.45, 7) is 0. The van der Waals surface area contributed by atoms with Crippen LogP contribution in [0, 0.1) is 5.92 Å². The lowest BCUT2D eigenvalue weighted by Gasteiger charge is -2.09. The van der Waals surface area contributed by atoms with Crippen molar-refractivity contribution in [2.75, 3.05) is 5.75 Å². The molecule has 0 spiro atoms. The fraction of sp³-hybridized carbons (Fsp3) is 0.278. The quantitative estimate of drug-likeness (QED) is 0.610. The fourth-order valence-electron chi connectivity index (χ4n) is 2.61. The Kier molecular flexibility index (Phi) is 4.66. The summed E-state index contributed by atoms with van der Waals surface area (Å²) in [5.74, 6) is -0.773. The van der Waals surface area contributed by atoms with Gasteiger partial charge >= 0.3 is 12.1 Å². The smallest absolute Gasteiger partial charge is 0.329 e. The minimum absolute atomic E-state index is 0.178. The summed E-state index contributed by atoms with van der Waals surface area (Å²) in [6.07, 6.45) is -1.07. The van der Waals surface area contributed by atoms with Crippen LogP contribution < -0.4 is 0 Å². The summed E-state index contributed by atoms with van der Waals surface area (Å²) in [4.78, 5) is 7.56. The van der Waals surface area contributed by atoms with Gasteiger partial charge in [-0.2, -0.15) is 22.5 Å². The third-order valence-electron chi connectivity index (χ3n) is 4.17. The van der Waals surface area contributed by atoms with Crippen LogP contribution in [0.1, 0.15) is 18.7 Å². The Morgan fingerprint density at radius 1 is 1.14 bits per heavy atom. The molecule has 0 aliphatic heterocycles. The van der Waals surface area contributed by atoms with Crippen molar-refractivity contribution in [2.24, 2.45) is 10.3 Å². The summed E-state index contributed by atoms with van der Waals surface area (Å²) >= 11 is 0. The molecule has 0 N–H and O–H groups in total. The van der Waals surface area contributed by atoms with E-state index in [2.05, 4.69) is 24.0 Å². The van der Waals surface area contributed by atoms with Crippen LogP contribution >= 0.6 is 0 Å². The first kappa shape index (κ1) is 18.6. The van der Waals surface area contributed by atoms with Gasteiger partial charge in [0.2, 0.25) is 5.82 Å². The first-order chi connectivity index (χ1) is 13.3. The molecule has 1 atom stereocenters. The first-order valence-electron chi connectivity index (χ1n) is 8.51. The van der Waals surface area contributed by atoms with Crippen molar-refractivity contribution in [1.29, 1.82) is 0 Å². The molecule has 1 aliphatic rings. The zero-order chi connectivity index (χ0) is 19.8. The van der Waals surface area contributed by atoms with Crippen molar-refractivity contribution in [1.82, 2.24) is 15.1 Å². The van der Waals surface area contributed by atoms with Crippen LogP contribution in [-0.4, -0.2) is 25.1 Å². The third kappa shape index (κ3) is 4.06. The van der Waals surface area contributed by atoms with Crippen LogP contribution in [0.25, 0.3) is 11.4 Å². The van der Waals surface area contributed by atoms with E-state index in [0.717, 1.165) is 12.8 Å². The normalized spacial score (nSPS) is 16.5. The van der Waals surface area contributed by atoms with Crippen molar-refractivity contribution in [3.8, 4) is 11.4 Å². The molecule has 6 nitrogen and oxygen atoms in total. The molecule has 2 heterocycles. The number of nitrogens with zero attached hydrogens (tertiary/aromatic N) is 4. The molecule has 10 heteroatoms. The van der Waals surface area contributed by atoms with E-state index in [0.29, 0.717) is 27.9 Å². The Balaban J connectivity index is 1.65. The minimum atomic E-state index is -4.70. The van der Waals surface area contributed by atoms with Crippen molar-refractivity contribution < 1.29 is 21.9 Å². The molecule has 1 aliphatic carbocycles. The average molecular weight is 408 g/mol. The van der Waals surface area contributed by atoms with Crippen molar-refractivity contribution >= 4 is 15.4 Å². The molecule has 0 bridgehead atoms. The van der Waals surface area contributed by atoms with Gasteiger partial charge in [0.1, 0.15) is 5.03 Å². The number of benzene rings is 1. The molecule has 2 aromatic heterocycles. The predicted molar refractivity (Wildman–Crippen MR) is 95.1 cm³/mol. The molecule has 0 saturated heterocycles. The van der Waals surface area contributed by atoms with E-state index in [1.54, 1.807) is 36.5 Å². The maximum absolute atomic E-state index is 13.5. The minimum Gasteiger partial charge on any atom is -0.329 e. The second-order valence-corrected chi connectivity index (χ2v) is 8.69. The number of hydrogen-bond donors (Lipinski definition) is 0. The Morgan fingerprint density at radius 2 is 1.89 bits per heavy atom. The molecular weight excluding hydrogens is 393 g/mol. The van der Waals surface area contributed by atoms with Gasteiger partial charge in [-0.05, 0) is 55.2 Å². The van der Waals surface area contributed by atoms with Gasteiger partial charge in [-0.25, -0.2) is 9.19 Å². The molecule has 28 heavy (non-hydrogen) atoms. The highest BCUT2D eigenvalue weighted by molar-refractivity contribution is 7.93. The lowest BCUT2D eigenvalue weighted by atomic mass is 10.2. The maximum Gasteiger partial charge on any atom is 0.471 e. The zero-order valence-corrected chi connectivity index (χ0v) is 15.3. The number of halogens is 3. The Labute approximate surface area is 159 Å². The Hall–Kier alpha value is -2.75. The number of pyridine rings is 1. The molecule has 3 aromatic rings. The number of aromatic nitrogens is 3. The van der Waals surface area contributed by atoms with Crippen molar-refractivity contribution in [3.05, 3.63) is 54.6 Å². The SMILES string of the molecule is O=S(CC1CC1)(=Nc1ccc(-c2noc(C(F)(F)F)n2)cc1)c1ccccn1. The standard InChI is InChI=1S/C18H15F3N4O2S/c19-18(20,21)17-23-16(24-27-17)13-6-8-14(9-7-13)25-28(26,11-12-4-5-12)15-3-1-2-10-22-15/h1-3,6-10,12H,4-5,11H2. The molecule has 1 aromatic carbocycles. The van der Waals surface area contributed by atoms with E-state index >= 15 is 0 Å². The van der Waals surface area contributed by atoms with Gasteiger partial charge in [0.15, 0.2) is 0 Å². The van der Waals surface area contributed by atoms with Gasteiger partial charge in [-0.1, -0.05) is 11.2 Å². The van der Waals surface area contributed by atoms with E-state index in [1.807, 2.05) is 0 Å². The Bertz CT molecular complexity index is 1080. The molecule has 1 fully saturated rings. The molecule has 1 saturated carbocycles. The van der Waals surface area contributed by atoms with Gasteiger partial charge < -0.3 is 4.52 Å². The van der Waals surface area contributed by atoms with Crippen LogP contribution in [-0.2, 0) is 15.9 Å². The lowest BCUT2D eigenvalue weighted by Crippen LogP contribution is -2.09. The second-order valence-electron chi connectivity index (χ2n) is 6.48. The van der Waals surface area contributed by atoms with Gasteiger partial charge in [-0.15, -0.1) is 0 Å². The van der Waals surface area contributed by atoms with E-state index in [9.17, 15) is 17.4 Å². The van der Waals surface area contributed by atoms with E-state index < -0.39 is 21.8 Å². The topological polar surface area (TPSA) is 81.2 Å². The van der Waals surface area contributed by atoms with E-state index in [-0.39, 0.29) is 5.82 Å². The molecular formula is C18H15F3N4O2S. The largest absolute Gasteiger partial charge is 0.471 e. The van der Waals surface area contributed by atoms with Crippen LogP contribution in [0.2, 0.25) is 0 Å². The third-order valence-corrected chi connectivity index (χ3v) is 6.49. The first-order valence-corrected chi connectivity index (χ1v) is 10.2. The molecule has 0 amide bonds. The van der Waals surface area contributed by atoms with Crippen molar-refractivity contribution in [3.63, 3.8) is 0 Å². The number of alkyl halides is 3. The summed E-state index contributed by atoms with van der Waals surface area (Å²) in [5, 5.41) is 3.78. The summed E-state index contributed by atoms with van der Waals surface area (Å²) < 4.78 is 59.9. The number of rotatable bonds is 5. The average Bonchev–Trinajstić information content (AvgIpc) is 3.32. The molecule has 0 radical (unpaired) electrons. The molecule has 1 unspecified atom stereocenters. The summed E-state index contributed by atoms with van der Waals surface area (Å²) in [7, 11) is -2.73. The van der Waals surface area contributed by atoms with E-state index in [4.69, 9.17) is 0 Å².